The Balaban J connectivity index is 0.000000131. The molecule has 3 fully saturated rings. The molecule has 6 aromatic rings. The summed E-state index contributed by atoms with van der Waals surface area (Å²) in [5.74, 6) is 2.44. The van der Waals surface area contributed by atoms with Crippen molar-refractivity contribution in [2.24, 2.45) is 0 Å². The van der Waals surface area contributed by atoms with E-state index in [4.69, 9.17) is 33.2 Å². The van der Waals surface area contributed by atoms with Gasteiger partial charge in [0, 0.05) is 35.3 Å². The second-order valence-corrected chi connectivity index (χ2v) is 19.7. The highest BCUT2D eigenvalue weighted by Gasteiger charge is 2.30. The third-order valence-corrected chi connectivity index (χ3v) is 14.8. The van der Waals surface area contributed by atoms with Crippen molar-refractivity contribution in [2.75, 3.05) is 72.7 Å². The fraction of sp³-hybridized carbons (Fsp3) is 0.361. The molecule has 3 aromatic heterocycles. The van der Waals surface area contributed by atoms with Crippen molar-refractivity contribution in [3.63, 3.8) is 0 Å². The third-order valence-electron chi connectivity index (χ3n) is 14.8. The Bertz CT molecular complexity index is 3010. The van der Waals surface area contributed by atoms with E-state index in [1.54, 1.807) is 54.6 Å². The third kappa shape index (κ3) is 12.2. The number of hydrogen-bond acceptors (Lipinski definition) is 13. The zero-order valence-electron chi connectivity index (χ0n) is 43.6. The van der Waals surface area contributed by atoms with Crippen LogP contribution in [0.2, 0.25) is 0 Å². The fourth-order valence-corrected chi connectivity index (χ4v) is 10.0. The molecule has 7 heterocycles. The molecular formula is C61H68N6O10. The van der Waals surface area contributed by atoms with E-state index in [0.717, 1.165) is 41.9 Å². The monoisotopic (exact) mass is 1040 g/mol. The molecule has 6 aliphatic rings. The molecule has 0 unspecified atom stereocenters. The van der Waals surface area contributed by atoms with Crippen molar-refractivity contribution in [1.29, 1.82) is 0 Å². The summed E-state index contributed by atoms with van der Waals surface area (Å²) in [7, 11) is 0. The highest BCUT2D eigenvalue weighted by molar-refractivity contribution is 5.71. The first kappa shape index (κ1) is 52.8. The van der Waals surface area contributed by atoms with E-state index in [1.165, 1.54) is 60.0 Å². The molecule has 0 amide bonds. The second kappa shape index (κ2) is 25.0. The lowest BCUT2D eigenvalue weighted by molar-refractivity contribution is -0.0291. The number of aromatic nitrogens is 6. The van der Waals surface area contributed by atoms with Crippen LogP contribution in [0, 0.1) is 0 Å². The maximum atomic E-state index is 9.97. The van der Waals surface area contributed by atoms with Crippen LogP contribution in [0.1, 0.15) is 103 Å². The Morgan fingerprint density at radius 2 is 0.818 bits per heavy atom. The molecule has 0 atom stereocenters. The topological polar surface area (TPSA) is 179 Å². The normalized spacial score (nSPS) is 17.8. The van der Waals surface area contributed by atoms with Crippen molar-refractivity contribution >= 4 is 34.9 Å². The quantitative estimate of drug-likeness (QED) is 0.0741. The minimum atomic E-state index is 0.168. The predicted octanol–water partition coefficient (Wildman–Crippen LogP) is 11.1. The van der Waals surface area contributed by atoms with Crippen molar-refractivity contribution in [3.05, 3.63) is 162 Å². The molecule has 3 N–H and O–H groups in total. The first-order chi connectivity index (χ1) is 37.8. The number of nitrogens with zero attached hydrogens (tertiary/aromatic N) is 6. The molecule has 12 rings (SSSR count). The molecule has 2 saturated carbocycles. The first-order valence-electron chi connectivity index (χ1n) is 26.6. The molecule has 3 aromatic carbocycles. The Hall–Kier alpha value is -7.63. The van der Waals surface area contributed by atoms with Gasteiger partial charge in [-0.25, -0.2) is 0 Å². The van der Waals surface area contributed by atoms with Crippen LogP contribution in [-0.4, -0.2) is 117 Å². The lowest BCUT2D eigenvalue weighted by Gasteiger charge is -2.29. The van der Waals surface area contributed by atoms with E-state index < -0.39 is 0 Å². The van der Waals surface area contributed by atoms with Crippen LogP contribution in [0.15, 0.2) is 128 Å². The van der Waals surface area contributed by atoms with Crippen LogP contribution < -0.4 is 14.2 Å². The molecule has 16 heteroatoms. The summed E-state index contributed by atoms with van der Waals surface area (Å²) in [5.41, 5.74) is 12.3. The average Bonchev–Trinajstić information content (AvgIpc) is 3.74. The molecule has 0 radical (unpaired) electrons. The van der Waals surface area contributed by atoms with E-state index in [1.807, 2.05) is 47.5 Å². The number of phenolic OH excluding ortho intramolecular Hbond substituents is 3. The number of hydrogen-bond donors (Lipinski definition) is 3. The van der Waals surface area contributed by atoms with E-state index in [9.17, 15) is 15.3 Å². The van der Waals surface area contributed by atoms with E-state index in [2.05, 4.69) is 56.5 Å². The summed E-state index contributed by atoms with van der Waals surface area (Å²) in [6.45, 7) is 17.9. The average molecular weight is 1050 g/mol. The Kier molecular flexibility index (Phi) is 17.2. The summed E-state index contributed by atoms with van der Waals surface area (Å²) < 4.78 is 46.8. The van der Waals surface area contributed by atoms with Gasteiger partial charge >= 0.3 is 0 Å². The minimum absolute atomic E-state index is 0.168. The number of ether oxygens (including phenoxy) is 7. The van der Waals surface area contributed by atoms with Gasteiger partial charge in [-0.15, -0.1) is 0 Å². The Morgan fingerprint density at radius 3 is 1.12 bits per heavy atom. The van der Waals surface area contributed by atoms with Gasteiger partial charge < -0.3 is 48.5 Å². The van der Waals surface area contributed by atoms with Gasteiger partial charge in [-0.3, -0.25) is 14.0 Å². The standard InChI is InChI=1S/C21H24N2O3.C20H22N2O4.C20H22N2O3/c1-2-17-20(24)7-4-8-21(17)26-13-15-10-12-25-14-18(15)19-9-11-22-23(19)16-5-3-6-16;1-2-16-19(23)4-3-5-20(16)26-10-14-7-9-24-13-17(14)18-6-8-21-22(18)15-11-25-12-15;1-2-16-19(23)4-3-5-20(16)25-12-14-9-11-24-13-17(14)18-8-10-21-22(18)15-6-7-15/h2,4,7-9,11,16,24H,1,3,5-6,10,12-14H2;2-6,8,15,23H,1,7,9-13H2;2-5,8,10,15,23H,1,6-7,9,11-13H2. The summed E-state index contributed by atoms with van der Waals surface area (Å²) in [4.78, 5) is 0. The van der Waals surface area contributed by atoms with Gasteiger partial charge in [0.1, 0.15) is 54.3 Å². The van der Waals surface area contributed by atoms with Crippen molar-refractivity contribution in [1.82, 2.24) is 29.3 Å². The summed E-state index contributed by atoms with van der Waals surface area (Å²) in [6.07, 6.45) is 18.9. The number of benzene rings is 3. The predicted molar refractivity (Wildman–Crippen MR) is 296 cm³/mol. The zero-order valence-corrected chi connectivity index (χ0v) is 43.6. The lowest BCUT2D eigenvalue weighted by atomic mass is 9.92. The molecule has 4 aliphatic heterocycles. The van der Waals surface area contributed by atoms with Crippen molar-refractivity contribution < 1.29 is 48.5 Å². The minimum Gasteiger partial charge on any atom is -0.507 e. The Morgan fingerprint density at radius 1 is 0.468 bits per heavy atom. The van der Waals surface area contributed by atoms with Crippen molar-refractivity contribution in [3.8, 4) is 34.5 Å². The SMILES string of the molecule is C=Cc1c(O)cccc1OCC1=C(c2ccnn2C2CC2)COCC1.C=Cc1c(O)cccc1OCC1=C(c2ccnn2C2CCC2)COCC1.C=Cc1c(O)cccc1OCC1=C(c2ccnn2C2COC2)COCC1. The van der Waals surface area contributed by atoms with Crippen LogP contribution in [0.5, 0.6) is 34.5 Å². The highest BCUT2D eigenvalue weighted by atomic mass is 16.5. The molecule has 1 saturated heterocycles. The van der Waals surface area contributed by atoms with Gasteiger partial charge in [0.15, 0.2) is 0 Å². The van der Waals surface area contributed by atoms with E-state index in [-0.39, 0.29) is 23.3 Å². The van der Waals surface area contributed by atoms with Gasteiger partial charge in [-0.05, 0) is 123 Å². The van der Waals surface area contributed by atoms with Crippen LogP contribution in [0.25, 0.3) is 34.9 Å². The maximum Gasteiger partial charge on any atom is 0.130 e. The van der Waals surface area contributed by atoms with Crippen LogP contribution >= 0.6 is 0 Å². The van der Waals surface area contributed by atoms with E-state index >= 15 is 0 Å². The summed E-state index contributed by atoms with van der Waals surface area (Å²) in [6, 6.07) is 23.3. The maximum absolute atomic E-state index is 9.97. The first-order valence-corrected chi connectivity index (χ1v) is 26.6. The molecule has 0 spiro atoms. The van der Waals surface area contributed by atoms with Gasteiger partial charge in [0.25, 0.3) is 0 Å². The van der Waals surface area contributed by atoms with E-state index in [0.29, 0.717) is 119 Å². The van der Waals surface area contributed by atoms with Gasteiger partial charge in [0.2, 0.25) is 0 Å². The van der Waals surface area contributed by atoms with Gasteiger partial charge in [-0.2, -0.15) is 15.3 Å². The number of aromatic hydroxyl groups is 3. The largest absolute Gasteiger partial charge is 0.507 e. The Labute approximate surface area is 449 Å². The highest BCUT2D eigenvalue weighted by Crippen LogP contribution is 2.40. The number of phenols is 3. The molecule has 0 bridgehead atoms. The second-order valence-electron chi connectivity index (χ2n) is 19.7. The summed E-state index contributed by atoms with van der Waals surface area (Å²) in [5, 5.41) is 43.4. The van der Waals surface area contributed by atoms with Crippen LogP contribution in [0.4, 0.5) is 0 Å². The van der Waals surface area contributed by atoms with Gasteiger partial charge in [0.05, 0.1) is 105 Å². The molecule has 16 nitrogen and oxygen atoms in total. The fourth-order valence-electron chi connectivity index (χ4n) is 10.0. The molecular weight excluding hydrogens is 977 g/mol. The number of rotatable bonds is 18. The van der Waals surface area contributed by atoms with Crippen LogP contribution in [0.3, 0.4) is 0 Å². The molecule has 2 aliphatic carbocycles. The molecule has 402 valence electrons. The summed E-state index contributed by atoms with van der Waals surface area (Å²) >= 11 is 0. The molecule has 77 heavy (non-hydrogen) atoms. The van der Waals surface area contributed by atoms with Crippen LogP contribution in [-0.2, 0) is 18.9 Å². The zero-order chi connectivity index (χ0) is 53.1. The lowest BCUT2D eigenvalue weighted by Crippen LogP contribution is -2.33. The smallest absolute Gasteiger partial charge is 0.130 e. The van der Waals surface area contributed by atoms with Crippen molar-refractivity contribution in [2.45, 2.75) is 69.5 Å². The van der Waals surface area contributed by atoms with Gasteiger partial charge in [-0.1, -0.05) is 56.2 Å².